The normalized spacial score (nSPS) is 15.3. The number of amides is 1. The highest BCUT2D eigenvalue weighted by Crippen LogP contribution is 2.42. The number of nitrogens with one attached hydrogen (secondary N) is 1. The third kappa shape index (κ3) is 3.47. The minimum absolute atomic E-state index is 0.138. The number of carbonyl (C=O) groups excluding carboxylic acids is 1. The highest BCUT2D eigenvalue weighted by Gasteiger charge is 2.31. The van der Waals surface area contributed by atoms with Crippen molar-refractivity contribution in [3.63, 3.8) is 0 Å². The highest BCUT2D eigenvalue weighted by atomic mass is 32.2. The van der Waals surface area contributed by atoms with E-state index in [1.165, 1.54) is 11.8 Å². The second-order valence-electron chi connectivity index (χ2n) is 5.96. The largest absolute Gasteiger partial charge is 0.360 e. The van der Waals surface area contributed by atoms with Crippen molar-refractivity contribution in [2.75, 3.05) is 5.32 Å². The fraction of sp³-hybridized carbons (Fsp3) is 0.375. The Morgan fingerprint density at radius 3 is 2.96 bits per heavy atom. The zero-order valence-corrected chi connectivity index (χ0v) is 15.4. The van der Waals surface area contributed by atoms with Gasteiger partial charge in [-0.15, -0.1) is 21.5 Å². The number of hydrogen-bond donors (Lipinski definition) is 1. The molecule has 9 heteroatoms. The molecule has 1 fully saturated rings. The number of aromatic nitrogens is 4. The van der Waals surface area contributed by atoms with Gasteiger partial charge in [0.1, 0.15) is 5.76 Å². The predicted octanol–water partition coefficient (Wildman–Crippen LogP) is 3.76. The van der Waals surface area contributed by atoms with Crippen LogP contribution < -0.4 is 5.32 Å². The van der Waals surface area contributed by atoms with Crippen molar-refractivity contribution in [3.05, 3.63) is 29.3 Å². The summed E-state index contributed by atoms with van der Waals surface area (Å²) >= 11 is 3.06. The van der Waals surface area contributed by atoms with Crippen LogP contribution in [0.25, 0.3) is 10.7 Å². The lowest BCUT2D eigenvalue weighted by molar-refractivity contribution is -0.115. The summed E-state index contributed by atoms with van der Waals surface area (Å²) in [7, 11) is 0. The molecule has 4 rings (SSSR count). The fourth-order valence-corrected chi connectivity index (χ4v) is 4.08. The van der Waals surface area contributed by atoms with Crippen molar-refractivity contribution in [3.8, 4) is 10.7 Å². The zero-order chi connectivity index (χ0) is 17.4. The van der Waals surface area contributed by atoms with Crippen molar-refractivity contribution in [2.45, 2.75) is 43.1 Å². The van der Waals surface area contributed by atoms with E-state index in [0.717, 1.165) is 28.7 Å². The average Bonchev–Trinajstić information content (AvgIpc) is 3.00. The highest BCUT2D eigenvalue weighted by molar-refractivity contribution is 8.00. The van der Waals surface area contributed by atoms with Gasteiger partial charge in [0.15, 0.2) is 16.8 Å². The maximum absolute atomic E-state index is 12.4. The van der Waals surface area contributed by atoms with E-state index in [4.69, 9.17) is 4.52 Å². The van der Waals surface area contributed by atoms with Crippen molar-refractivity contribution < 1.29 is 9.32 Å². The number of anilines is 1. The van der Waals surface area contributed by atoms with E-state index in [-0.39, 0.29) is 11.2 Å². The third-order valence-corrected chi connectivity index (χ3v) is 5.77. The van der Waals surface area contributed by atoms with Crippen LogP contribution in [-0.2, 0) is 4.79 Å². The second-order valence-corrected chi connectivity index (χ2v) is 8.21. The van der Waals surface area contributed by atoms with Crippen LogP contribution in [-0.4, -0.2) is 31.1 Å². The molecule has 7 nitrogen and oxygen atoms in total. The van der Waals surface area contributed by atoms with Gasteiger partial charge in [0.05, 0.1) is 10.1 Å². The number of rotatable bonds is 6. The molecule has 0 aliphatic heterocycles. The van der Waals surface area contributed by atoms with Gasteiger partial charge in [0.25, 0.3) is 0 Å². The first-order valence-corrected chi connectivity index (χ1v) is 9.77. The van der Waals surface area contributed by atoms with E-state index in [1.807, 2.05) is 24.4 Å². The molecule has 25 heavy (non-hydrogen) atoms. The van der Waals surface area contributed by atoms with Gasteiger partial charge >= 0.3 is 0 Å². The van der Waals surface area contributed by atoms with E-state index in [2.05, 4.69) is 25.2 Å². The molecular formula is C16H17N5O2S2. The van der Waals surface area contributed by atoms with E-state index >= 15 is 0 Å². The van der Waals surface area contributed by atoms with Crippen molar-refractivity contribution in [1.29, 1.82) is 0 Å². The Balaban J connectivity index is 1.51. The maximum Gasteiger partial charge on any atom is 0.238 e. The SMILES string of the molecule is Cc1cc(NC(=O)C(C)Sc2nnc(-c3cccs3)n2C2CC2)no1. The van der Waals surface area contributed by atoms with Gasteiger partial charge in [0, 0.05) is 12.1 Å². The number of hydrogen-bond acceptors (Lipinski definition) is 7. The quantitative estimate of drug-likeness (QED) is 0.660. The molecule has 3 aromatic rings. The van der Waals surface area contributed by atoms with Gasteiger partial charge < -0.3 is 9.84 Å². The van der Waals surface area contributed by atoms with Gasteiger partial charge in [-0.05, 0) is 38.1 Å². The molecule has 130 valence electrons. The first-order chi connectivity index (χ1) is 12.1. The summed E-state index contributed by atoms with van der Waals surface area (Å²) in [6.07, 6.45) is 2.26. The van der Waals surface area contributed by atoms with Gasteiger partial charge in [0.2, 0.25) is 5.91 Å². The van der Waals surface area contributed by atoms with Crippen LogP contribution in [0.5, 0.6) is 0 Å². The molecule has 3 heterocycles. The molecule has 1 atom stereocenters. The number of carbonyl (C=O) groups is 1. The van der Waals surface area contributed by atoms with E-state index in [1.54, 1.807) is 24.3 Å². The van der Waals surface area contributed by atoms with E-state index < -0.39 is 0 Å². The minimum atomic E-state index is -0.324. The topological polar surface area (TPSA) is 85.8 Å². The lowest BCUT2D eigenvalue weighted by Gasteiger charge is -2.12. The number of nitrogens with zero attached hydrogens (tertiary/aromatic N) is 4. The molecule has 1 saturated carbocycles. The van der Waals surface area contributed by atoms with E-state index in [0.29, 0.717) is 17.6 Å². The molecule has 1 unspecified atom stereocenters. The van der Waals surface area contributed by atoms with Crippen LogP contribution >= 0.6 is 23.1 Å². The minimum Gasteiger partial charge on any atom is -0.360 e. The number of aryl methyl sites for hydroxylation is 1. The molecule has 0 radical (unpaired) electrons. The van der Waals surface area contributed by atoms with Crippen molar-refractivity contribution in [2.24, 2.45) is 0 Å². The summed E-state index contributed by atoms with van der Waals surface area (Å²) in [5, 5.41) is 17.7. The monoisotopic (exact) mass is 375 g/mol. The first kappa shape index (κ1) is 16.3. The summed E-state index contributed by atoms with van der Waals surface area (Å²) < 4.78 is 7.14. The standard InChI is InChI=1S/C16H17N5O2S2/c1-9-8-13(20-23-9)17-15(22)10(2)25-16-19-18-14(12-4-3-7-24-12)21(16)11-5-6-11/h3-4,7-8,10-11H,5-6H2,1-2H3,(H,17,20,22). The van der Waals surface area contributed by atoms with Crippen LogP contribution in [0.3, 0.4) is 0 Å². The van der Waals surface area contributed by atoms with Gasteiger partial charge in [-0.1, -0.05) is 23.0 Å². The van der Waals surface area contributed by atoms with Gasteiger partial charge in [-0.2, -0.15) is 0 Å². The average molecular weight is 375 g/mol. The van der Waals surface area contributed by atoms with Crippen LogP contribution in [0.1, 0.15) is 31.6 Å². The van der Waals surface area contributed by atoms with Crippen LogP contribution in [0.2, 0.25) is 0 Å². The number of thiophene rings is 1. The maximum atomic E-state index is 12.4. The molecular weight excluding hydrogens is 358 g/mol. The Kier molecular flexibility index (Phi) is 4.34. The van der Waals surface area contributed by atoms with Crippen molar-refractivity contribution in [1.82, 2.24) is 19.9 Å². The van der Waals surface area contributed by atoms with Crippen LogP contribution in [0, 0.1) is 6.92 Å². The lowest BCUT2D eigenvalue weighted by Crippen LogP contribution is -2.23. The summed E-state index contributed by atoms with van der Waals surface area (Å²) in [6, 6.07) is 6.18. The summed E-state index contributed by atoms with van der Waals surface area (Å²) in [4.78, 5) is 13.5. The second kappa shape index (κ2) is 6.64. The Morgan fingerprint density at radius 1 is 1.48 bits per heavy atom. The molecule has 0 saturated heterocycles. The van der Waals surface area contributed by atoms with Crippen LogP contribution in [0.4, 0.5) is 5.82 Å². The first-order valence-electron chi connectivity index (χ1n) is 8.01. The predicted molar refractivity (Wildman–Crippen MR) is 96.8 cm³/mol. The van der Waals surface area contributed by atoms with Crippen molar-refractivity contribution >= 4 is 34.8 Å². The molecule has 3 aromatic heterocycles. The third-order valence-electron chi connectivity index (χ3n) is 3.85. The Labute approximate surface area is 152 Å². The molecule has 0 bridgehead atoms. The van der Waals surface area contributed by atoms with E-state index in [9.17, 15) is 4.79 Å². The summed E-state index contributed by atoms with van der Waals surface area (Å²) in [5.41, 5.74) is 0. The van der Waals surface area contributed by atoms with Crippen LogP contribution in [0.15, 0.2) is 33.3 Å². The fourth-order valence-electron chi connectivity index (χ4n) is 2.46. The molecule has 1 N–H and O–H groups in total. The molecule has 0 spiro atoms. The Hall–Kier alpha value is -2.13. The molecule has 1 aliphatic rings. The Morgan fingerprint density at radius 2 is 2.32 bits per heavy atom. The lowest BCUT2D eigenvalue weighted by atomic mass is 10.4. The molecule has 1 aliphatic carbocycles. The zero-order valence-electron chi connectivity index (χ0n) is 13.8. The summed E-state index contributed by atoms with van der Waals surface area (Å²) in [5.74, 6) is 1.84. The molecule has 0 aromatic carbocycles. The van der Waals surface area contributed by atoms with Gasteiger partial charge in [-0.3, -0.25) is 9.36 Å². The Bertz CT molecular complexity index is 882. The van der Waals surface area contributed by atoms with Gasteiger partial charge in [-0.25, -0.2) is 0 Å². The number of thioether (sulfide) groups is 1. The molecule has 1 amide bonds. The smallest absolute Gasteiger partial charge is 0.238 e. The summed E-state index contributed by atoms with van der Waals surface area (Å²) in [6.45, 7) is 3.63.